The van der Waals surface area contributed by atoms with Crippen LogP contribution in [0.15, 0.2) is 53.1 Å². The van der Waals surface area contributed by atoms with Crippen LogP contribution in [0.25, 0.3) is 22.8 Å². The van der Waals surface area contributed by atoms with E-state index >= 15 is 0 Å². The van der Waals surface area contributed by atoms with E-state index in [2.05, 4.69) is 17.1 Å². The monoisotopic (exact) mass is 298 g/mol. The molecule has 22 heavy (non-hydrogen) atoms. The highest BCUT2D eigenvalue weighted by atomic mass is 19.1. The van der Waals surface area contributed by atoms with Crippen LogP contribution in [0.5, 0.6) is 5.75 Å². The molecule has 0 saturated heterocycles. The van der Waals surface area contributed by atoms with E-state index in [-0.39, 0.29) is 5.82 Å². The Balaban J connectivity index is 1.85. The van der Waals surface area contributed by atoms with Gasteiger partial charge >= 0.3 is 0 Å². The van der Waals surface area contributed by atoms with E-state index in [1.165, 1.54) is 12.1 Å². The van der Waals surface area contributed by atoms with Gasteiger partial charge in [-0.15, -0.1) is 0 Å². The fourth-order valence-corrected chi connectivity index (χ4v) is 2.00. The lowest BCUT2D eigenvalue weighted by atomic mass is 10.2. The molecule has 4 nitrogen and oxygen atoms in total. The second-order valence-electron chi connectivity index (χ2n) is 4.81. The Labute approximate surface area is 127 Å². The van der Waals surface area contributed by atoms with E-state index < -0.39 is 0 Å². The van der Waals surface area contributed by atoms with Crippen LogP contribution in [0, 0.1) is 5.82 Å². The molecule has 0 aliphatic heterocycles. The Morgan fingerprint density at radius 2 is 1.91 bits per heavy atom. The third-order valence-corrected chi connectivity index (χ3v) is 3.08. The zero-order valence-electron chi connectivity index (χ0n) is 12.1. The first-order valence-corrected chi connectivity index (χ1v) is 7.09. The molecule has 0 saturated carbocycles. The Hall–Kier alpha value is -2.69. The molecule has 3 aromatic rings. The third-order valence-electron chi connectivity index (χ3n) is 3.08. The summed E-state index contributed by atoms with van der Waals surface area (Å²) in [7, 11) is 0. The Kier molecular flexibility index (Phi) is 4.14. The van der Waals surface area contributed by atoms with Gasteiger partial charge in [0, 0.05) is 11.1 Å². The van der Waals surface area contributed by atoms with Crippen molar-refractivity contribution in [2.24, 2.45) is 0 Å². The minimum atomic E-state index is -0.298. The predicted octanol–water partition coefficient (Wildman–Crippen LogP) is 4.33. The lowest BCUT2D eigenvalue weighted by Gasteiger charge is -2.04. The molecule has 0 fully saturated rings. The van der Waals surface area contributed by atoms with Gasteiger partial charge in [0.2, 0.25) is 5.82 Å². The predicted molar refractivity (Wildman–Crippen MR) is 80.9 cm³/mol. The lowest BCUT2D eigenvalue weighted by Crippen LogP contribution is -1.94. The van der Waals surface area contributed by atoms with Crippen molar-refractivity contribution in [2.75, 3.05) is 6.61 Å². The van der Waals surface area contributed by atoms with Gasteiger partial charge in [0.05, 0.1) is 6.61 Å². The van der Waals surface area contributed by atoms with Gasteiger partial charge in [-0.1, -0.05) is 18.1 Å². The Morgan fingerprint density at radius 1 is 1.09 bits per heavy atom. The maximum absolute atomic E-state index is 12.9. The average molecular weight is 298 g/mol. The quantitative estimate of drug-likeness (QED) is 0.703. The van der Waals surface area contributed by atoms with E-state index in [1.807, 2.05) is 24.3 Å². The van der Waals surface area contributed by atoms with Gasteiger partial charge in [-0.25, -0.2) is 4.39 Å². The van der Waals surface area contributed by atoms with Crippen LogP contribution in [-0.4, -0.2) is 16.7 Å². The minimum Gasteiger partial charge on any atom is -0.494 e. The van der Waals surface area contributed by atoms with Crippen molar-refractivity contribution in [3.05, 3.63) is 54.3 Å². The van der Waals surface area contributed by atoms with Gasteiger partial charge < -0.3 is 9.26 Å². The number of aromatic nitrogens is 2. The molecule has 0 bridgehead atoms. The normalized spacial score (nSPS) is 10.6. The fraction of sp³-hybridized carbons (Fsp3) is 0.176. The molecule has 0 N–H and O–H groups in total. The Bertz CT molecular complexity index is 753. The summed E-state index contributed by atoms with van der Waals surface area (Å²) in [6, 6.07) is 13.5. The number of rotatable bonds is 5. The maximum Gasteiger partial charge on any atom is 0.258 e. The van der Waals surface area contributed by atoms with Gasteiger partial charge in [0.15, 0.2) is 0 Å². The summed E-state index contributed by atoms with van der Waals surface area (Å²) in [5.74, 6) is 1.30. The molecule has 0 spiro atoms. The number of halogens is 1. The molecule has 5 heteroatoms. The number of hydrogen-bond acceptors (Lipinski definition) is 4. The molecule has 0 aliphatic rings. The van der Waals surface area contributed by atoms with Crippen LogP contribution in [0.2, 0.25) is 0 Å². The summed E-state index contributed by atoms with van der Waals surface area (Å²) in [4.78, 5) is 4.35. The van der Waals surface area contributed by atoms with Crippen molar-refractivity contribution in [1.82, 2.24) is 10.1 Å². The van der Waals surface area contributed by atoms with Gasteiger partial charge in [0.1, 0.15) is 11.6 Å². The standard InChI is InChI=1S/C17H15FN2O2/c1-2-10-21-15-5-3-4-13(11-15)17-19-16(20-22-17)12-6-8-14(18)9-7-12/h3-9,11H,2,10H2,1H3. The van der Waals surface area contributed by atoms with Crippen LogP contribution < -0.4 is 4.74 Å². The van der Waals surface area contributed by atoms with Gasteiger partial charge in [0.25, 0.3) is 5.89 Å². The second kappa shape index (κ2) is 6.39. The molecule has 0 unspecified atom stereocenters. The van der Waals surface area contributed by atoms with Gasteiger partial charge in [-0.05, 0) is 48.9 Å². The lowest BCUT2D eigenvalue weighted by molar-refractivity contribution is 0.317. The second-order valence-corrected chi connectivity index (χ2v) is 4.81. The molecule has 0 atom stereocenters. The third kappa shape index (κ3) is 3.14. The van der Waals surface area contributed by atoms with Crippen molar-refractivity contribution in [2.45, 2.75) is 13.3 Å². The fourth-order valence-electron chi connectivity index (χ4n) is 2.00. The highest BCUT2D eigenvalue weighted by Crippen LogP contribution is 2.25. The summed E-state index contributed by atoms with van der Waals surface area (Å²) < 4.78 is 23.8. The molecule has 2 aromatic carbocycles. The van der Waals surface area contributed by atoms with Crippen LogP contribution in [0.3, 0.4) is 0 Å². The zero-order valence-corrected chi connectivity index (χ0v) is 12.1. The van der Waals surface area contributed by atoms with Crippen LogP contribution in [0.4, 0.5) is 4.39 Å². The topological polar surface area (TPSA) is 48.2 Å². The highest BCUT2D eigenvalue weighted by molar-refractivity contribution is 5.60. The van der Waals surface area contributed by atoms with Gasteiger partial charge in [-0.3, -0.25) is 0 Å². The molecule has 1 aromatic heterocycles. The van der Waals surface area contributed by atoms with E-state index in [4.69, 9.17) is 9.26 Å². The summed E-state index contributed by atoms with van der Waals surface area (Å²) in [6.45, 7) is 2.71. The number of hydrogen-bond donors (Lipinski definition) is 0. The SMILES string of the molecule is CCCOc1cccc(-c2nc(-c3ccc(F)cc3)no2)c1. The molecular weight excluding hydrogens is 283 g/mol. The van der Waals surface area contributed by atoms with Crippen molar-refractivity contribution in [1.29, 1.82) is 0 Å². The summed E-state index contributed by atoms with van der Waals surface area (Å²) in [5.41, 5.74) is 1.49. The van der Waals surface area contributed by atoms with E-state index in [0.717, 1.165) is 17.7 Å². The van der Waals surface area contributed by atoms with E-state index in [0.29, 0.717) is 23.9 Å². The highest BCUT2D eigenvalue weighted by Gasteiger charge is 2.11. The zero-order chi connectivity index (χ0) is 15.4. The molecule has 3 rings (SSSR count). The molecular formula is C17H15FN2O2. The Morgan fingerprint density at radius 3 is 2.68 bits per heavy atom. The summed E-state index contributed by atoms with van der Waals surface area (Å²) in [5, 5.41) is 3.93. The van der Waals surface area contributed by atoms with E-state index in [1.54, 1.807) is 12.1 Å². The number of nitrogens with zero attached hydrogens (tertiary/aromatic N) is 2. The van der Waals surface area contributed by atoms with E-state index in [9.17, 15) is 4.39 Å². The molecule has 112 valence electrons. The van der Waals surface area contributed by atoms with Crippen molar-refractivity contribution in [3.63, 3.8) is 0 Å². The smallest absolute Gasteiger partial charge is 0.258 e. The molecule has 1 heterocycles. The van der Waals surface area contributed by atoms with Crippen LogP contribution in [-0.2, 0) is 0 Å². The van der Waals surface area contributed by atoms with Crippen LogP contribution in [0.1, 0.15) is 13.3 Å². The van der Waals surface area contributed by atoms with Gasteiger partial charge in [-0.2, -0.15) is 4.98 Å². The first kappa shape index (κ1) is 14.3. The largest absolute Gasteiger partial charge is 0.494 e. The van der Waals surface area contributed by atoms with Crippen molar-refractivity contribution in [3.8, 4) is 28.6 Å². The molecule has 0 amide bonds. The first-order chi connectivity index (χ1) is 10.8. The number of ether oxygens (including phenoxy) is 1. The number of benzene rings is 2. The first-order valence-electron chi connectivity index (χ1n) is 7.09. The van der Waals surface area contributed by atoms with Crippen molar-refractivity contribution >= 4 is 0 Å². The maximum atomic E-state index is 12.9. The molecule has 0 aliphatic carbocycles. The van der Waals surface area contributed by atoms with Crippen molar-refractivity contribution < 1.29 is 13.7 Å². The molecule has 0 radical (unpaired) electrons. The van der Waals surface area contributed by atoms with Crippen LogP contribution >= 0.6 is 0 Å². The average Bonchev–Trinajstić information content (AvgIpc) is 3.04. The summed E-state index contributed by atoms with van der Waals surface area (Å²) in [6.07, 6.45) is 0.944. The minimum absolute atomic E-state index is 0.298. The summed E-state index contributed by atoms with van der Waals surface area (Å²) >= 11 is 0.